The number of anilines is 2. The summed E-state index contributed by atoms with van der Waals surface area (Å²) >= 11 is 6.17. The molecule has 1 unspecified atom stereocenters. The first-order valence-corrected chi connectivity index (χ1v) is 8.94. The molecule has 0 saturated carbocycles. The molecule has 6 nitrogen and oxygen atoms in total. The van der Waals surface area contributed by atoms with Crippen molar-refractivity contribution in [2.24, 2.45) is 0 Å². The normalized spacial score (nSPS) is 15.7. The van der Waals surface area contributed by atoms with E-state index in [9.17, 15) is 0 Å². The van der Waals surface area contributed by atoms with Gasteiger partial charge in [-0.05, 0) is 18.6 Å². The molecule has 7 heteroatoms. The van der Waals surface area contributed by atoms with Gasteiger partial charge in [0.25, 0.3) is 0 Å². The molecule has 134 valence electrons. The molecule has 1 aromatic heterocycles. The van der Waals surface area contributed by atoms with Crippen molar-refractivity contribution in [1.29, 1.82) is 0 Å². The van der Waals surface area contributed by atoms with Crippen LogP contribution in [0.2, 0.25) is 5.02 Å². The number of aromatic nitrogens is 2. The SMILES string of the molecule is CCC(CNc1cc(N2CCOCC2)ncn1)Oc1ccccc1Cl. The van der Waals surface area contributed by atoms with Gasteiger partial charge in [-0.3, -0.25) is 0 Å². The quantitative estimate of drug-likeness (QED) is 0.816. The average Bonchev–Trinajstić information content (AvgIpc) is 2.67. The van der Waals surface area contributed by atoms with E-state index in [1.54, 1.807) is 6.33 Å². The number of morpholine rings is 1. The van der Waals surface area contributed by atoms with Crippen molar-refractivity contribution in [1.82, 2.24) is 9.97 Å². The molecule has 1 fully saturated rings. The fraction of sp³-hybridized carbons (Fsp3) is 0.444. The minimum absolute atomic E-state index is 0.00158. The Kier molecular flexibility index (Phi) is 6.30. The van der Waals surface area contributed by atoms with Crippen LogP contribution in [0.25, 0.3) is 0 Å². The van der Waals surface area contributed by atoms with Gasteiger partial charge in [0.15, 0.2) is 0 Å². The first kappa shape index (κ1) is 17.8. The highest BCUT2D eigenvalue weighted by Gasteiger charge is 2.14. The van der Waals surface area contributed by atoms with E-state index in [0.29, 0.717) is 17.3 Å². The molecule has 2 heterocycles. The van der Waals surface area contributed by atoms with Gasteiger partial charge in [-0.2, -0.15) is 0 Å². The zero-order valence-corrected chi connectivity index (χ0v) is 15.1. The van der Waals surface area contributed by atoms with Gasteiger partial charge in [-0.1, -0.05) is 30.7 Å². The van der Waals surface area contributed by atoms with Gasteiger partial charge in [0.2, 0.25) is 0 Å². The summed E-state index contributed by atoms with van der Waals surface area (Å²) in [6.45, 7) is 5.89. The molecule has 1 aliphatic rings. The molecular weight excluding hydrogens is 340 g/mol. The topological polar surface area (TPSA) is 59.5 Å². The maximum absolute atomic E-state index is 6.17. The third-order valence-electron chi connectivity index (χ3n) is 4.08. The summed E-state index contributed by atoms with van der Waals surface area (Å²) in [6, 6.07) is 9.48. The van der Waals surface area contributed by atoms with Crippen molar-refractivity contribution in [2.75, 3.05) is 43.1 Å². The largest absolute Gasteiger partial charge is 0.487 e. The lowest BCUT2D eigenvalue weighted by Crippen LogP contribution is -2.36. The van der Waals surface area contributed by atoms with Crippen LogP contribution in [0.15, 0.2) is 36.7 Å². The van der Waals surface area contributed by atoms with E-state index in [1.807, 2.05) is 30.3 Å². The number of nitrogens with one attached hydrogen (secondary N) is 1. The maximum Gasteiger partial charge on any atom is 0.138 e. The summed E-state index contributed by atoms with van der Waals surface area (Å²) in [5.41, 5.74) is 0. The van der Waals surface area contributed by atoms with Crippen molar-refractivity contribution in [3.8, 4) is 5.75 Å². The summed E-state index contributed by atoms with van der Waals surface area (Å²) in [7, 11) is 0. The highest BCUT2D eigenvalue weighted by atomic mass is 35.5. The molecule has 0 bridgehead atoms. The molecule has 0 spiro atoms. The Morgan fingerprint density at radius 2 is 2.08 bits per heavy atom. The van der Waals surface area contributed by atoms with Crippen LogP contribution in [-0.4, -0.2) is 48.9 Å². The Morgan fingerprint density at radius 3 is 2.84 bits per heavy atom. The van der Waals surface area contributed by atoms with Crippen LogP contribution >= 0.6 is 11.6 Å². The molecule has 0 aliphatic carbocycles. The van der Waals surface area contributed by atoms with E-state index in [1.165, 1.54) is 0 Å². The lowest BCUT2D eigenvalue weighted by atomic mass is 10.2. The summed E-state index contributed by atoms with van der Waals surface area (Å²) in [6.07, 6.45) is 2.45. The summed E-state index contributed by atoms with van der Waals surface area (Å²) < 4.78 is 11.4. The standard InChI is InChI=1S/C18H23ClN4O2/c1-2-14(25-16-6-4-3-5-15(16)19)12-20-17-11-18(22-13-21-17)23-7-9-24-10-8-23/h3-6,11,13-14H,2,7-10,12H2,1H3,(H,20,21,22). The van der Waals surface area contributed by atoms with Crippen molar-refractivity contribution in [2.45, 2.75) is 19.4 Å². The molecule has 25 heavy (non-hydrogen) atoms. The van der Waals surface area contributed by atoms with E-state index >= 15 is 0 Å². The molecule has 3 rings (SSSR count). The fourth-order valence-corrected chi connectivity index (χ4v) is 2.80. The van der Waals surface area contributed by atoms with E-state index in [4.69, 9.17) is 21.1 Å². The number of hydrogen-bond acceptors (Lipinski definition) is 6. The predicted octanol–water partition coefficient (Wildman–Crippen LogP) is 3.24. The van der Waals surface area contributed by atoms with Crippen molar-refractivity contribution >= 4 is 23.2 Å². The zero-order chi connectivity index (χ0) is 17.5. The molecule has 1 saturated heterocycles. The molecule has 1 aliphatic heterocycles. The highest BCUT2D eigenvalue weighted by Crippen LogP contribution is 2.25. The number of rotatable bonds is 7. The molecule has 1 atom stereocenters. The van der Waals surface area contributed by atoms with Crippen molar-refractivity contribution in [3.05, 3.63) is 41.7 Å². The predicted molar refractivity (Wildman–Crippen MR) is 99.7 cm³/mol. The first-order chi connectivity index (χ1) is 12.3. The van der Waals surface area contributed by atoms with Crippen LogP contribution in [0.4, 0.5) is 11.6 Å². The van der Waals surface area contributed by atoms with Crippen LogP contribution in [-0.2, 0) is 4.74 Å². The van der Waals surface area contributed by atoms with Gasteiger partial charge in [0.1, 0.15) is 29.8 Å². The highest BCUT2D eigenvalue weighted by molar-refractivity contribution is 6.32. The number of halogens is 1. The first-order valence-electron chi connectivity index (χ1n) is 8.56. The maximum atomic E-state index is 6.17. The number of benzene rings is 1. The van der Waals surface area contributed by atoms with E-state index in [0.717, 1.165) is 44.4 Å². The van der Waals surface area contributed by atoms with Gasteiger partial charge >= 0.3 is 0 Å². The zero-order valence-electron chi connectivity index (χ0n) is 14.3. The van der Waals surface area contributed by atoms with E-state index in [-0.39, 0.29) is 6.10 Å². The summed E-state index contributed by atoms with van der Waals surface area (Å²) in [4.78, 5) is 10.9. The van der Waals surface area contributed by atoms with Crippen LogP contribution in [0.1, 0.15) is 13.3 Å². The van der Waals surface area contributed by atoms with Crippen LogP contribution < -0.4 is 15.0 Å². The van der Waals surface area contributed by atoms with Gasteiger partial charge in [0, 0.05) is 19.2 Å². The van der Waals surface area contributed by atoms with Gasteiger partial charge in [0.05, 0.1) is 24.8 Å². The third-order valence-corrected chi connectivity index (χ3v) is 4.40. The lowest BCUT2D eigenvalue weighted by molar-refractivity contribution is 0.122. The summed E-state index contributed by atoms with van der Waals surface area (Å²) in [5, 5.41) is 3.96. The monoisotopic (exact) mass is 362 g/mol. The minimum atomic E-state index is 0.00158. The molecule has 2 aromatic rings. The molecule has 1 aromatic carbocycles. The van der Waals surface area contributed by atoms with Crippen LogP contribution in [0, 0.1) is 0 Å². The molecule has 1 N–H and O–H groups in total. The second-order valence-electron chi connectivity index (χ2n) is 5.82. The molecule has 0 amide bonds. The molecule has 0 radical (unpaired) electrons. The number of para-hydroxylation sites is 1. The number of hydrogen-bond donors (Lipinski definition) is 1. The minimum Gasteiger partial charge on any atom is -0.487 e. The smallest absolute Gasteiger partial charge is 0.138 e. The van der Waals surface area contributed by atoms with Crippen LogP contribution in [0.5, 0.6) is 5.75 Å². The van der Waals surface area contributed by atoms with Gasteiger partial charge in [-0.25, -0.2) is 9.97 Å². The third kappa shape index (κ3) is 4.96. The second-order valence-corrected chi connectivity index (χ2v) is 6.23. The fourth-order valence-electron chi connectivity index (χ4n) is 2.62. The van der Waals surface area contributed by atoms with Crippen molar-refractivity contribution in [3.63, 3.8) is 0 Å². The molecular formula is C18H23ClN4O2. The lowest BCUT2D eigenvalue weighted by Gasteiger charge is -2.28. The second kappa shape index (κ2) is 8.87. The van der Waals surface area contributed by atoms with Crippen LogP contribution in [0.3, 0.4) is 0 Å². The average molecular weight is 363 g/mol. The summed E-state index contributed by atoms with van der Waals surface area (Å²) in [5.74, 6) is 2.41. The Morgan fingerprint density at radius 1 is 1.28 bits per heavy atom. The number of nitrogens with zero attached hydrogens (tertiary/aromatic N) is 3. The van der Waals surface area contributed by atoms with Crippen molar-refractivity contribution < 1.29 is 9.47 Å². The van der Waals surface area contributed by atoms with E-state index < -0.39 is 0 Å². The van der Waals surface area contributed by atoms with Gasteiger partial charge < -0.3 is 19.7 Å². The Labute approximate surface area is 153 Å². The number of ether oxygens (including phenoxy) is 2. The van der Waals surface area contributed by atoms with Gasteiger partial charge in [-0.15, -0.1) is 0 Å². The Bertz CT molecular complexity index is 680. The van der Waals surface area contributed by atoms with E-state index in [2.05, 4.69) is 27.1 Å². The Hall–Kier alpha value is -2.05. The Balaban J connectivity index is 1.59.